The Kier molecular flexibility index (Phi) is 77.5. The van der Waals surface area contributed by atoms with Gasteiger partial charge in [0.2, 0.25) is 0 Å². The van der Waals surface area contributed by atoms with Crippen molar-refractivity contribution >= 4 is 39.5 Å². The molecular weight excluding hydrogens is 1400 g/mol. The van der Waals surface area contributed by atoms with E-state index in [2.05, 4.69) is 48.5 Å². The van der Waals surface area contributed by atoms with Crippen LogP contribution < -0.4 is 0 Å². The molecule has 642 valence electrons. The number of carbonyl (C=O) groups is 4. The van der Waals surface area contributed by atoms with Gasteiger partial charge < -0.3 is 33.8 Å². The van der Waals surface area contributed by atoms with Crippen molar-refractivity contribution in [2.45, 2.75) is 491 Å². The molecule has 0 spiro atoms. The third-order valence-corrected chi connectivity index (χ3v) is 23.1. The van der Waals surface area contributed by atoms with E-state index in [0.717, 1.165) is 108 Å². The van der Waals surface area contributed by atoms with Crippen molar-refractivity contribution < 1.29 is 80.2 Å². The highest BCUT2D eigenvalue weighted by Gasteiger charge is 2.31. The molecule has 0 aliphatic rings. The number of phosphoric ester groups is 2. The second-order valence-corrected chi connectivity index (χ2v) is 36.1. The molecule has 3 N–H and O–H groups in total. The van der Waals surface area contributed by atoms with Crippen LogP contribution in [0.25, 0.3) is 0 Å². The molecule has 108 heavy (non-hydrogen) atoms. The lowest BCUT2D eigenvalue weighted by atomic mass is 9.99. The van der Waals surface area contributed by atoms with Crippen molar-refractivity contribution in [2.75, 3.05) is 39.6 Å². The smallest absolute Gasteiger partial charge is 0.462 e. The lowest BCUT2D eigenvalue weighted by molar-refractivity contribution is -0.161. The lowest BCUT2D eigenvalue weighted by Crippen LogP contribution is -2.30. The summed E-state index contributed by atoms with van der Waals surface area (Å²) >= 11 is 0. The van der Waals surface area contributed by atoms with Crippen LogP contribution in [-0.4, -0.2) is 96.7 Å². The summed E-state index contributed by atoms with van der Waals surface area (Å²) in [5.74, 6) is 0.296. The standard InChI is InChI=1S/C89H174O17P2/c1-8-10-11-12-13-14-15-16-17-18-19-20-21-24-31-36-43-51-58-65-72-88(93)105-84(76-99-86(91)70-63-56-49-42-35-30-25-22-23-28-33-39-46-53-60-67-80(3)4)78-103-107(95,96)101-74-83(90)75-102-108(97,98)104-79-85(77-100-87(92)71-64-57-50-45-38-40-47-54-61-68-81(5)6)106-89(94)73-66-59-52-44-37-32-27-26-29-34-41-48-55-62-69-82(7)9-2/h80-85,90H,8-79H2,1-7H3,(H,95,96)(H,97,98)/t82?,83-,84-,85-/m1/s1. The predicted molar refractivity (Wildman–Crippen MR) is 446 cm³/mol. The van der Waals surface area contributed by atoms with E-state index < -0.39 is 97.5 Å². The van der Waals surface area contributed by atoms with E-state index in [1.54, 1.807) is 0 Å². The predicted octanol–water partition coefficient (Wildman–Crippen LogP) is 27.3. The number of aliphatic hydroxyl groups excluding tert-OH is 1. The van der Waals surface area contributed by atoms with E-state index in [1.165, 1.54) is 283 Å². The Balaban J connectivity index is 5.26. The first-order valence-electron chi connectivity index (χ1n) is 45.9. The van der Waals surface area contributed by atoms with Gasteiger partial charge in [-0.05, 0) is 43.4 Å². The molecule has 3 unspecified atom stereocenters. The van der Waals surface area contributed by atoms with Crippen LogP contribution in [0.2, 0.25) is 0 Å². The number of aliphatic hydroxyl groups is 1. The maximum atomic E-state index is 13.2. The molecule has 0 fully saturated rings. The van der Waals surface area contributed by atoms with E-state index in [0.29, 0.717) is 25.7 Å². The summed E-state index contributed by atoms with van der Waals surface area (Å²) in [5, 5.41) is 10.7. The fourth-order valence-corrected chi connectivity index (χ4v) is 15.4. The van der Waals surface area contributed by atoms with Crippen LogP contribution in [0.5, 0.6) is 0 Å². The first kappa shape index (κ1) is 106. The van der Waals surface area contributed by atoms with Gasteiger partial charge in [-0.15, -0.1) is 0 Å². The largest absolute Gasteiger partial charge is 0.472 e. The van der Waals surface area contributed by atoms with Gasteiger partial charge in [-0.25, -0.2) is 9.13 Å². The number of rotatable bonds is 87. The fourth-order valence-electron chi connectivity index (χ4n) is 13.9. The summed E-state index contributed by atoms with van der Waals surface area (Å²) < 4.78 is 69.0. The van der Waals surface area contributed by atoms with Crippen LogP contribution in [0.15, 0.2) is 0 Å². The third kappa shape index (κ3) is 80.7. The maximum Gasteiger partial charge on any atom is 0.472 e. The van der Waals surface area contributed by atoms with Gasteiger partial charge in [0.1, 0.15) is 19.3 Å². The number of ether oxygens (including phenoxy) is 4. The van der Waals surface area contributed by atoms with E-state index in [-0.39, 0.29) is 25.7 Å². The van der Waals surface area contributed by atoms with Crippen molar-refractivity contribution in [2.24, 2.45) is 17.8 Å². The average Bonchev–Trinajstić information content (AvgIpc) is 0.898. The molecule has 0 heterocycles. The normalized spacial score (nSPS) is 14.1. The van der Waals surface area contributed by atoms with E-state index in [9.17, 15) is 43.2 Å². The van der Waals surface area contributed by atoms with Gasteiger partial charge in [-0.2, -0.15) is 0 Å². The first-order chi connectivity index (χ1) is 52.3. The van der Waals surface area contributed by atoms with Crippen LogP contribution in [-0.2, 0) is 65.4 Å². The monoisotopic (exact) mass is 1580 g/mol. The van der Waals surface area contributed by atoms with Crippen molar-refractivity contribution in [3.8, 4) is 0 Å². The van der Waals surface area contributed by atoms with E-state index in [4.69, 9.17) is 37.0 Å². The number of carbonyl (C=O) groups excluding carboxylic acids is 4. The SMILES string of the molecule is CCCCCCCCCCCCCCCCCCCCCCC(=O)O[C@H](COC(=O)CCCCCCCCCCCCCCCCCC(C)C)COP(=O)(O)OC[C@@H](O)COP(=O)(O)OC[C@@H](COC(=O)CCCCCCCCCCCC(C)C)OC(=O)CCCCCCCCCCCCCCCCC(C)CC. The molecule has 6 atom stereocenters. The summed E-state index contributed by atoms with van der Waals surface area (Å²) in [6, 6.07) is 0. The van der Waals surface area contributed by atoms with Gasteiger partial charge in [0.15, 0.2) is 12.2 Å². The Morgan fingerprint density at radius 2 is 0.472 bits per heavy atom. The number of esters is 4. The number of hydrogen-bond donors (Lipinski definition) is 3. The number of unbranched alkanes of at least 4 members (excludes halogenated alkanes) is 54. The van der Waals surface area contributed by atoms with Crippen molar-refractivity contribution in [1.82, 2.24) is 0 Å². The Morgan fingerprint density at radius 3 is 0.704 bits per heavy atom. The minimum absolute atomic E-state index is 0.107. The average molecular weight is 1580 g/mol. The summed E-state index contributed by atoms with van der Waals surface area (Å²) in [4.78, 5) is 73.4. The second-order valence-electron chi connectivity index (χ2n) is 33.2. The van der Waals surface area contributed by atoms with Crippen molar-refractivity contribution in [3.05, 3.63) is 0 Å². The van der Waals surface area contributed by atoms with Crippen LogP contribution in [0.1, 0.15) is 472 Å². The fraction of sp³-hybridized carbons (Fsp3) is 0.955. The quantitative estimate of drug-likeness (QED) is 0.0222. The summed E-state index contributed by atoms with van der Waals surface area (Å²) in [5.41, 5.74) is 0. The number of phosphoric acid groups is 2. The maximum absolute atomic E-state index is 13.2. The molecule has 0 radical (unpaired) electrons. The van der Waals surface area contributed by atoms with Gasteiger partial charge in [0.05, 0.1) is 26.4 Å². The molecule has 0 aliphatic carbocycles. The Morgan fingerprint density at radius 1 is 0.269 bits per heavy atom. The van der Waals surface area contributed by atoms with Gasteiger partial charge in [-0.1, -0.05) is 421 Å². The topological polar surface area (TPSA) is 237 Å². The van der Waals surface area contributed by atoms with Gasteiger partial charge >= 0.3 is 39.5 Å². The minimum Gasteiger partial charge on any atom is -0.462 e. The molecule has 19 heteroatoms. The highest BCUT2D eigenvalue weighted by atomic mass is 31.2. The van der Waals surface area contributed by atoms with Crippen molar-refractivity contribution in [3.63, 3.8) is 0 Å². The molecule has 0 rings (SSSR count). The molecule has 0 saturated heterocycles. The van der Waals surface area contributed by atoms with Crippen LogP contribution in [0.4, 0.5) is 0 Å². The highest BCUT2D eigenvalue weighted by molar-refractivity contribution is 7.47. The Bertz CT molecular complexity index is 2080. The number of hydrogen-bond acceptors (Lipinski definition) is 15. The lowest BCUT2D eigenvalue weighted by Gasteiger charge is -2.21. The first-order valence-corrected chi connectivity index (χ1v) is 48.9. The Labute approximate surface area is 664 Å². The molecule has 0 aromatic rings. The van der Waals surface area contributed by atoms with Crippen LogP contribution in [0, 0.1) is 17.8 Å². The van der Waals surface area contributed by atoms with Crippen LogP contribution >= 0.6 is 15.6 Å². The second kappa shape index (κ2) is 78.9. The molecule has 17 nitrogen and oxygen atoms in total. The minimum atomic E-state index is -4.97. The molecule has 0 amide bonds. The molecule has 0 aliphatic heterocycles. The Hall–Kier alpha value is -1.94. The van der Waals surface area contributed by atoms with Crippen molar-refractivity contribution in [1.29, 1.82) is 0 Å². The zero-order valence-corrected chi connectivity index (χ0v) is 73.1. The molecule has 0 bridgehead atoms. The highest BCUT2D eigenvalue weighted by Crippen LogP contribution is 2.45. The zero-order chi connectivity index (χ0) is 79.3. The van der Waals surface area contributed by atoms with Gasteiger partial charge in [0, 0.05) is 25.7 Å². The third-order valence-electron chi connectivity index (χ3n) is 21.2. The molecule has 0 saturated carbocycles. The molecular formula is C89H174O17P2. The molecule has 0 aromatic heterocycles. The van der Waals surface area contributed by atoms with E-state index >= 15 is 0 Å². The van der Waals surface area contributed by atoms with E-state index in [1.807, 2.05) is 0 Å². The summed E-state index contributed by atoms with van der Waals surface area (Å²) in [6.45, 7) is 12.1. The summed E-state index contributed by atoms with van der Waals surface area (Å²) in [7, 11) is -9.93. The molecule has 0 aromatic carbocycles. The zero-order valence-electron chi connectivity index (χ0n) is 71.3. The summed E-state index contributed by atoms with van der Waals surface area (Å²) in [6.07, 6.45) is 70.8. The van der Waals surface area contributed by atoms with Gasteiger partial charge in [0.25, 0.3) is 0 Å². The van der Waals surface area contributed by atoms with Crippen LogP contribution in [0.3, 0.4) is 0 Å². The van der Waals surface area contributed by atoms with Gasteiger partial charge in [-0.3, -0.25) is 37.3 Å².